The van der Waals surface area contributed by atoms with Gasteiger partial charge in [-0.15, -0.1) is 11.3 Å². The van der Waals surface area contributed by atoms with Gasteiger partial charge in [-0.2, -0.15) is 0 Å². The molecule has 0 atom stereocenters. The van der Waals surface area contributed by atoms with E-state index < -0.39 is 0 Å². The van der Waals surface area contributed by atoms with Crippen LogP contribution < -0.4 is 5.73 Å². The number of hydrogen-bond acceptors (Lipinski definition) is 2. The van der Waals surface area contributed by atoms with Gasteiger partial charge in [0.05, 0.1) is 0 Å². The molecular weight excluding hydrogens is 209 g/mol. The molecule has 78 valence electrons. The van der Waals surface area contributed by atoms with Crippen LogP contribution in [0.1, 0.15) is 10.4 Å². The molecule has 0 aliphatic rings. The third-order valence-electron chi connectivity index (χ3n) is 2.32. The van der Waals surface area contributed by atoms with E-state index in [9.17, 15) is 4.39 Å². The molecule has 2 N–H and O–H groups in total. The maximum absolute atomic E-state index is 13.3. The van der Waals surface area contributed by atoms with Gasteiger partial charge >= 0.3 is 0 Å². The van der Waals surface area contributed by atoms with Gasteiger partial charge in [-0.25, -0.2) is 4.39 Å². The highest BCUT2D eigenvalue weighted by Gasteiger charge is 2.04. The molecule has 15 heavy (non-hydrogen) atoms. The SMILES string of the molecule is Cc1ccc(-c2ccc(CN)s2)cc1F. The van der Waals surface area contributed by atoms with Gasteiger partial charge in [0, 0.05) is 16.3 Å². The van der Waals surface area contributed by atoms with Gasteiger partial charge in [0.1, 0.15) is 5.82 Å². The second-order valence-corrected chi connectivity index (χ2v) is 4.60. The van der Waals surface area contributed by atoms with Crippen molar-refractivity contribution in [3.63, 3.8) is 0 Å². The Balaban J connectivity index is 2.40. The summed E-state index contributed by atoms with van der Waals surface area (Å²) >= 11 is 1.61. The lowest BCUT2D eigenvalue weighted by Crippen LogP contribution is -1.91. The predicted molar refractivity (Wildman–Crippen MR) is 62.3 cm³/mol. The van der Waals surface area contributed by atoms with Gasteiger partial charge in [0.2, 0.25) is 0 Å². The summed E-state index contributed by atoms with van der Waals surface area (Å²) in [6.07, 6.45) is 0. The second kappa shape index (κ2) is 4.13. The number of hydrogen-bond donors (Lipinski definition) is 1. The Labute approximate surface area is 92.4 Å². The first-order chi connectivity index (χ1) is 7.20. The van der Waals surface area contributed by atoms with Crippen molar-refractivity contribution in [2.75, 3.05) is 0 Å². The fourth-order valence-electron chi connectivity index (χ4n) is 1.39. The highest BCUT2D eigenvalue weighted by atomic mass is 32.1. The van der Waals surface area contributed by atoms with Gasteiger partial charge in [0.15, 0.2) is 0 Å². The van der Waals surface area contributed by atoms with Gasteiger partial charge in [0.25, 0.3) is 0 Å². The average molecular weight is 221 g/mol. The molecule has 0 saturated heterocycles. The van der Waals surface area contributed by atoms with Gasteiger partial charge in [-0.3, -0.25) is 0 Å². The van der Waals surface area contributed by atoms with Crippen LogP contribution >= 0.6 is 11.3 Å². The van der Waals surface area contributed by atoms with Crippen molar-refractivity contribution < 1.29 is 4.39 Å². The molecule has 1 heterocycles. The summed E-state index contributed by atoms with van der Waals surface area (Å²) in [5.74, 6) is -0.157. The summed E-state index contributed by atoms with van der Waals surface area (Å²) in [7, 11) is 0. The van der Waals surface area contributed by atoms with Gasteiger partial charge < -0.3 is 5.73 Å². The van der Waals surface area contributed by atoms with E-state index in [4.69, 9.17) is 5.73 Å². The molecule has 1 nitrogen and oxygen atoms in total. The summed E-state index contributed by atoms with van der Waals surface area (Å²) < 4.78 is 13.3. The van der Waals surface area contributed by atoms with E-state index in [1.165, 1.54) is 0 Å². The summed E-state index contributed by atoms with van der Waals surface area (Å²) in [6.45, 7) is 2.30. The molecule has 0 aliphatic heterocycles. The van der Waals surface area contributed by atoms with Crippen LogP contribution in [0.5, 0.6) is 0 Å². The summed E-state index contributed by atoms with van der Waals surface area (Å²) in [5.41, 5.74) is 7.13. The minimum atomic E-state index is -0.157. The van der Waals surface area contributed by atoms with Crippen LogP contribution in [0.2, 0.25) is 0 Å². The molecule has 0 unspecified atom stereocenters. The molecule has 0 saturated carbocycles. The Kier molecular flexibility index (Phi) is 2.84. The van der Waals surface area contributed by atoms with Gasteiger partial charge in [-0.1, -0.05) is 12.1 Å². The maximum atomic E-state index is 13.3. The van der Waals surface area contributed by atoms with Crippen molar-refractivity contribution >= 4 is 11.3 Å². The Bertz CT molecular complexity index is 476. The van der Waals surface area contributed by atoms with Crippen LogP contribution in [0, 0.1) is 12.7 Å². The van der Waals surface area contributed by atoms with Crippen LogP contribution in [0.4, 0.5) is 4.39 Å². The molecule has 0 bridgehead atoms. The summed E-state index contributed by atoms with van der Waals surface area (Å²) in [4.78, 5) is 2.18. The van der Waals surface area contributed by atoms with E-state index in [0.717, 1.165) is 15.3 Å². The van der Waals surface area contributed by atoms with Crippen LogP contribution in [0.25, 0.3) is 10.4 Å². The average Bonchev–Trinajstić information content (AvgIpc) is 2.70. The smallest absolute Gasteiger partial charge is 0.126 e. The Morgan fingerprint density at radius 3 is 2.67 bits per heavy atom. The summed E-state index contributed by atoms with van der Waals surface area (Å²) in [6, 6.07) is 9.27. The molecule has 3 heteroatoms. The van der Waals surface area contributed by atoms with Crippen molar-refractivity contribution in [2.24, 2.45) is 5.73 Å². The van der Waals surface area contributed by atoms with Crippen LogP contribution in [0.3, 0.4) is 0 Å². The quantitative estimate of drug-likeness (QED) is 0.827. The largest absolute Gasteiger partial charge is 0.326 e. The Morgan fingerprint density at radius 1 is 1.27 bits per heavy atom. The highest BCUT2D eigenvalue weighted by Crippen LogP contribution is 2.28. The lowest BCUT2D eigenvalue weighted by Gasteiger charge is -2.00. The lowest BCUT2D eigenvalue weighted by atomic mass is 10.1. The monoisotopic (exact) mass is 221 g/mol. The Hall–Kier alpha value is -1.19. The first kappa shape index (κ1) is 10.3. The number of benzene rings is 1. The first-order valence-corrected chi connectivity index (χ1v) is 5.57. The fourth-order valence-corrected chi connectivity index (χ4v) is 2.27. The number of halogens is 1. The minimum absolute atomic E-state index is 0.157. The molecule has 2 rings (SSSR count). The molecule has 1 aromatic heterocycles. The van der Waals surface area contributed by atoms with Gasteiger partial charge in [-0.05, 0) is 36.2 Å². The molecule has 0 radical (unpaired) electrons. The van der Waals surface area contributed by atoms with Crippen molar-refractivity contribution in [1.82, 2.24) is 0 Å². The maximum Gasteiger partial charge on any atom is 0.126 e. The van der Waals surface area contributed by atoms with Crippen molar-refractivity contribution in [3.8, 4) is 10.4 Å². The van der Waals surface area contributed by atoms with E-state index in [1.54, 1.807) is 30.4 Å². The van der Waals surface area contributed by atoms with Crippen LogP contribution in [0.15, 0.2) is 30.3 Å². The topological polar surface area (TPSA) is 26.0 Å². The zero-order valence-corrected chi connectivity index (χ0v) is 9.27. The molecule has 1 aromatic carbocycles. The van der Waals surface area contributed by atoms with Crippen LogP contribution in [-0.4, -0.2) is 0 Å². The fraction of sp³-hybridized carbons (Fsp3) is 0.167. The molecule has 0 amide bonds. The number of nitrogens with two attached hydrogens (primary N) is 1. The zero-order valence-electron chi connectivity index (χ0n) is 8.46. The molecule has 0 fully saturated rings. The molecule has 0 aliphatic carbocycles. The second-order valence-electron chi connectivity index (χ2n) is 3.43. The Morgan fingerprint density at radius 2 is 2.07 bits per heavy atom. The third-order valence-corrected chi connectivity index (χ3v) is 3.48. The zero-order chi connectivity index (χ0) is 10.8. The number of thiophene rings is 1. The molecule has 0 spiro atoms. The molecular formula is C12H12FNS. The van der Waals surface area contributed by atoms with Crippen LogP contribution in [-0.2, 0) is 6.54 Å². The predicted octanol–water partition coefficient (Wildman–Crippen LogP) is 3.32. The van der Waals surface area contributed by atoms with E-state index >= 15 is 0 Å². The van der Waals surface area contributed by atoms with Crippen molar-refractivity contribution in [3.05, 3.63) is 46.6 Å². The minimum Gasteiger partial charge on any atom is -0.326 e. The van der Waals surface area contributed by atoms with Crippen molar-refractivity contribution in [2.45, 2.75) is 13.5 Å². The standard InChI is InChI=1S/C12H12FNS/c1-8-2-3-9(6-11(8)13)12-5-4-10(7-14)15-12/h2-6H,7,14H2,1H3. The van der Waals surface area contributed by atoms with E-state index in [0.29, 0.717) is 12.1 Å². The number of rotatable bonds is 2. The molecule has 2 aromatic rings. The normalized spacial score (nSPS) is 10.6. The number of aryl methyl sites for hydroxylation is 1. The first-order valence-electron chi connectivity index (χ1n) is 4.76. The van der Waals surface area contributed by atoms with Crippen molar-refractivity contribution in [1.29, 1.82) is 0 Å². The van der Waals surface area contributed by atoms with E-state index in [1.807, 2.05) is 18.2 Å². The van der Waals surface area contributed by atoms with E-state index in [2.05, 4.69) is 0 Å². The lowest BCUT2D eigenvalue weighted by molar-refractivity contribution is 0.619. The summed E-state index contributed by atoms with van der Waals surface area (Å²) in [5, 5.41) is 0. The van der Waals surface area contributed by atoms with E-state index in [-0.39, 0.29) is 5.82 Å². The third kappa shape index (κ3) is 2.08. The highest BCUT2D eigenvalue weighted by molar-refractivity contribution is 7.15.